The number of benzene rings is 2. The van der Waals surface area contributed by atoms with Crippen LogP contribution in [0.2, 0.25) is 0 Å². The van der Waals surface area contributed by atoms with Gasteiger partial charge in [0.25, 0.3) is 5.92 Å². The Balaban J connectivity index is 1.72. The van der Waals surface area contributed by atoms with Crippen molar-refractivity contribution in [3.63, 3.8) is 0 Å². The number of nitrogens with one attached hydrogen (secondary N) is 1. The van der Waals surface area contributed by atoms with E-state index in [1.807, 2.05) is 26.0 Å². The molecule has 1 N–H and O–H groups in total. The topological polar surface area (TPSA) is 50.2 Å². The van der Waals surface area contributed by atoms with Crippen molar-refractivity contribution in [3.05, 3.63) is 83.6 Å². The second-order valence-corrected chi connectivity index (χ2v) is 11.2. The van der Waals surface area contributed by atoms with Gasteiger partial charge in [-0.3, -0.25) is 4.99 Å². The number of alkyl halides is 2. The molecule has 8 heteroatoms. The first-order valence-corrected chi connectivity index (χ1v) is 14.1. The summed E-state index contributed by atoms with van der Waals surface area (Å²) < 4.78 is 42.7. The number of unbranched alkanes of at least 4 members (excludes halogenated alkanes) is 1. The summed E-state index contributed by atoms with van der Waals surface area (Å²) in [4.78, 5) is 13.4. The van der Waals surface area contributed by atoms with Gasteiger partial charge in [-0.2, -0.15) is 8.78 Å². The van der Waals surface area contributed by atoms with Crippen molar-refractivity contribution in [2.45, 2.75) is 46.0 Å². The van der Waals surface area contributed by atoms with Crippen LogP contribution in [0.25, 0.3) is 27.6 Å². The molecule has 0 amide bonds. The van der Waals surface area contributed by atoms with E-state index in [-0.39, 0.29) is 11.5 Å². The lowest BCUT2D eigenvalue weighted by Gasteiger charge is -2.34. The van der Waals surface area contributed by atoms with Crippen LogP contribution in [0.15, 0.2) is 77.2 Å². The minimum absolute atomic E-state index is 0.234. The molecular formula is C33H39F3N5+. The summed E-state index contributed by atoms with van der Waals surface area (Å²) in [5.74, 6) is -2.68. The molecule has 0 saturated heterocycles. The number of likely N-dealkylation sites (N-methyl/N-ethyl adjacent to an activating group) is 1. The zero-order valence-electron chi connectivity index (χ0n) is 24.5. The minimum atomic E-state index is -3.02. The van der Waals surface area contributed by atoms with Crippen LogP contribution in [-0.4, -0.2) is 60.3 Å². The maximum Gasteiger partial charge on any atom is 0.286 e. The van der Waals surface area contributed by atoms with Crippen molar-refractivity contribution in [2.24, 2.45) is 4.99 Å². The normalized spacial score (nSPS) is 16.3. The highest BCUT2D eigenvalue weighted by Crippen LogP contribution is 2.35. The summed E-state index contributed by atoms with van der Waals surface area (Å²) in [5.41, 5.74) is 5.41. The van der Waals surface area contributed by atoms with Crippen LogP contribution >= 0.6 is 0 Å². The van der Waals surface area contributed by atoms with Gasteiger partial charge in [-0.05, 0) is 54.3 Å². The number of hydrogen-bond donors (Lipinski definition) is 1. The van der Waals surface area contributed by atoms with E-state index in [1.54, 1.807) is 18.5 Å². The number of rotatable bonds is 10. The highest BCUT2D eigenvalue weighted by atomic mass is 19.3. The van der Waals surface area contributed by atoms with Gasteiger partial charge in [-0.15, -0.1) is 0 Å². The van der Waals surface area contributed by atoms with Crippen molar-refractivity contribution in [1.82, 2.24) is 9.97 Å². The minimum Gasteiger partial charge on any atom is -0.365 e. The molecule has 5 nitrogen and oxygen atoms in total. The van der Waals surface area contributed by atoms with E-state index in [9.17, 15) is 13.2 Å². The fraction of sp³-hybridized carbons (Fsp3) is 0.364. The third-order valence-corrected chi connectivity index (χ3v) is 7.26. The number of quaternary nitrogens is 1. The van der Waals surface area contributed by atoms with Gasteiger partial charge in [0.1, 0.15) is 30.2 Å². The van der Waals surface area contributed by atoms with Gasteiger partial charge in [0.05, 0.1) is 26.2 Å². The number of allylic oxidation sites excluding steroid dienone is 3. The van der Waals surface area contributed by atoms with Crippen molar-refractivity contribution in [2.75, 3.05) is 39.0 Å². The summed E-state index contributed by atoms with van der Waals surface area (Å²) in [6.07, 6.45) is 10.9. The molecule has 2 heterocycles. The number of aliphatic imine (C=N–C) groups is 1. The molecule has 0 unspecified atom stereocenters. The Hall–Kier alpha value is -3.78. The number of halogens is 3. The molecule has 216 valence electrons. The van der Waals surface area contributed by atoms with Crippen LogP contribution in [0.3, 0.4) is 0 Å². The zero-order valence-corrected chi connectivity index (χ0v) is 24.5. The number of fused-ring (bicyclic) bond motifs is 1. The first kappa shape index (κ1) is 30.2. The second kappa shape index (κ2) is 12.8. The maximum absolute atomic E-state index is 14.1. The van der Waals surface area contributed by atoms with E-state index in [4.69, 9.17) is 0 Å². The molecule has 1 aliphatic rings. The molecule has 0 spiro atoms. The Morgan fingerprint density at radius 3 is 2.54 bits per heavy atom. The van der Waals surface area contributed by atoms with Crippen molar-refractivity contribution in [1.29, 1.82) is 0 Å². The number of nitrogens with zero attached hydrogens (tertiary/aromatic N) is 4. The standard InChI is InChI=1S/C33H39F3N5/c1-6-8-11-30(33(3,35)36)37-19-23(7-2)20-38-32-29-18-26(24-12-14-27(34)15-13-24)17-28(31(29)39-22-40-32)25-10-9-16-41(4,5)21-25/h7,10-15,17-19,22H,6,8-9,16,20-21H2,1-5H3,(H,38,39,40)/q+1/b23-7+,30-11+,37-19+. The van der Waals surface area contributed by atoms with Gasteiger partial charge in [-0.25, -0.2) is 14.4 Å². The SMILES string of the molecule is C\C=C(/C=N/C(=C/CCC)C(C)(F)F)CNc1ncnc2c(C3=CCC[N+](C)(C)C3)cc(-c3ccc(F)cc3)cc12. The number of hydrogen-bond acceptors (Lipinski definition) is 4. The van der Waals surface area contributed by atoms with Gasteiger partial charge in [-0.1, -0.05) is 43.7 Å². The highest BCUT2D eigenvalue weighted by molar-refractivity contribution is 6.00. The van der Waals surface area contributed by atoms with Gasteiger partial charge in [0.15, 0.2) is 0 Å². The predicted molar refractivity (Wildman–Crippen MR) is 164 cm³/mol. The zero-order chi connectivity index (χ0) is 29.6. The molecule has 2 aromatic carbocycles. The molecule has 0 bridgehead atoms. The summed E-state index contributed by atoms with van der Waals surface area (Å²) in [7, 11) is 4.44. The Kier molecular flexibility index (Phi) is 9.43. The molecule has 3 aromatic rings. The first-order chi connectivity index (χ1) is 19.5. The van der Waals surface area contributed by atoms with E-state index < -0.39 is 5.92 Å². The molecular weight excluding hydrogens is 523 g/mol. The summed E-state index contributed by atoms with van der Waals surface area (Å²) in [5, 5.41) is 4.21. The molecule has 0 aliphatic carbocycles. The molecule has 1 aromatic heterocycles. The lowest BCUT2D eigenvalue weighted by atomic mass is 9.93. The molecule has 0 radical (unpaired) electrons. The fourth-order valence-electron chi connectivity index (χ4n) is 4.94. The van der Waals surface area contributed by atoms with Crippen LogP contribution in [0.5, 0.6) is 0 Å². The Bertz CT molecular complexity index is 1500. The molecule has 0 fully saturated rings. The predicted octanol–water partition coefficient (Wildman–Crippen LogP) is 8.07. The second-order valence-electron chi connectivity index (χ2n) is 11.2. The van der Waals surface area contributed by atoms with E-state index in [1.165, 1.54) is 30.0 Å². The van der Waals surface area contributed by atoms with E-state index in [0.29, 0.717) is 18.8 Å². The van der Waals surface area contributed by atoms with Gasteiger partial charge >= 0.3 is 0 Å². The Labute approximate surface area is 240 Å². The first-order valence-electron chi connectivity index (χ1n) is 14.1. The van der Waals surface area contributed by atoms with Crippen molar-refractivity contribution < 1.29 is 17.7 Å². The summed E-state index contributed by atoms with van der Waals surface area (Å²) in [6.45, 7) is 6.92. The third kappa shape index (κ3) is 7.70. The quantitative estimate of drug-likeness (QED) is 0.201. The monoisotopic (exact) mass is 562 g/mol. The van der Waals surface area contributed by atoms with E-state index in [0.717, 1.165) is 70.5 Å². The van der Waals surface area contributed by atoms with E-state index in [2.05, 4.69) is 46.5 Å². The third-order valence-electron chi connectivity index (χ3n) is 7.26. The molecule has 41 heavy (non-hydrogen) atoms. The lowest BCUT2D eigenvalue weighted by Crippen LogP contribution is -2.43. The fourth-order valence-corrected chi connectivity index (χ4v) is 4.94. The van der Waals surface area contributed by atoms with Crippen LogP contribution in [0.4, 0.5) is 19.0 Å². The van der Waals surface area contributed by atoms with Crippen LogP contribution in [-0.2, 0) is 0 Å². The van der Waals surface area contributed by atoms with Crippen LogP contribution in [0, 0.1) is 5.82 Å². The molecule has 1 aliphatic heterocycles. The van der Waals surface area contributed by atoms with Crippen molar-refractivity contribution >= 4 is 28.5 Å². The van der Waals surface area contributed by atoms with Gasteiger partial charge in [0, 0.05) is 42.6 Å². The van der Waals surface area contributed by atoms with Gasteiger partial charge < -0.3 is 9.80 Å². The van der Waals surface area contributed by atoms with Gasteiger partial charge in [0.2, 0.25) is 0 Å². The maximum atomic E-state index is 14.1. The number of anilines is 1. The summed E-state index contributed by atoms with van der Waals surface area (Å²) >= 11 is 0. The molecule has 0 saturated carbocycles. The lowest BCUT2D eigenvalue weighted by molar-refractivity contribution is -0.883. The largest absolute Gasteiger partial charge is 0.365 e. The average molecular weight is 563 g/mol. The number of aromatic nitrogens is 2. The molecule has 4 rings (SSSR count). The molecule has 0 atom stereocenters. The highest BCUT2D eigenvalue weighted by Gasteiger charge is 2.27. The Morgan fingerprint density at radius 1 is 1.12 bits per heavy atom. The Morgan fingerprint density at radius 2 is 1.88 bits per heavy atom. The van der Waals surface area contributed by atoms with E-state index >= 15 is 0 Å². The average Bonchev–Trinajstić information content (AvgIpc) is 2.93. The smallest absolute Gasteiger partial charge is 0.286 e. The van der Waals surface area contributed by atoms with Crippen molar-refractivity contribution in [3.8, 4) is 11.1 Å². The van der Waals surface area contributed by atoms with Crippen LogP contribution < -0.4 is 5.32 Å². The summed E-state index contributed by atoms with van der Waals surface area (Å²) in [6, 6.07) is 10.6. The van der Waals surface area contributed by atoms with Crippen LogP contribution in [0.1, 0.15) is 45.6 Å².